The molecule has 0 amide bonds. The topological polar surface area (TPSA) is 9.23 Å². The predicted molar refractivity (Wildman–Crippen MR) is 66.5 cm³/mol. The Morgan fingerprint density at radius 3 is 2.28 bits per heavy atom. The molecule has 0 unspecified atom stereocenters. The minimum absolute atomic E-state index is 0.0385. The van der Waals surface area contributed by atoms with Crippen LogP contribution in [0, 0.1) is 11.6 Å². The molecule has 0 radical (unpaired) electrons. The molecule has 3 heteroatoms. The standard InChI is InChI=1S/C15H14F2O/c1-2-11-6-3-4-9-15(11)18-10-12-13(16)7-5-8-14(12)17/h3-9H,2,10H2,1H3. The molecule has 0 aliphatic carbocycles. The van der Waals surface area contributed by atoms with Crippen LogP contribution in [0.1, 0.15) is 18.1 Å². The molecule has 94 valence electrons. The lowest BCUT2D eigenvalue weighted by Crippen LogP contribution is -2.03. The van der Waals surface area contributed by atoms with Crippen LogP contribution in [0.15, 0.2) is 42.5 Å². The van der Waals surface area contributed by atoms with Crippen molar-refractivity contribution in [1.82, 2.24) is 0 Å². The molecule has 0 heterocycles. The van der Waals surface area contributed by atoms with Crippen molar-refractivity contribution in [2.45, 2.75) is 20.0 Å². The Hall–Kier alpha value is -1.90. The molecule has 0 fully saturated rings. The monoisotopic (exact) mass is 248 g/mol. The van der Waals surface area contributed by atoms with E-state index < -0.39 is 11.6 Å². The van der Waals surface area contributed by atoms with Crippen molar-refractivity contribution in [3.05, 3.63) is 65.2 Å². The van der Waals surface area contributed by atoms with Gasteiger partial charge in [-0.05, 0) is 30.2 Å². The average Bonchev–Trinajstić information content (AvgIpc) is 2.38. The molecular formula is C15H14F2O. The van der Waals surface area contributed by atoms with E-state index in [2.05, 4.69) is 0 Å². The van der Waals surface area contributed by atoms with Gasteiger partial charge in [-0.25, -0.2) is 8.78 Å². The van der Waals surface area contributed by atoms with E-state index >= 15 is 0 Å². The van der Waals surface area contributed by atoms with Gasteiger partial charge in [0.05, 0.1) is 5.56 Å². The second-order valence-corrected chi connectivity index (χ2v) is 3.95. The third-order valence-electron chi connectivity index (χ3n) is 2.79. The Labute approximate surface area is 105 Å². The van der Waals surface area contributed by atoms with E-state index in [0.29, 0.717) is 5.75 Å². The minimum Gasteiger partial charge on any atom is -0.488 e. The third kappa shape index (κ3) is 2.67. The Kier molecular flexibility index (Phi) is 3.92. The summed E-state index contributed by atoms with van der Waals surface area (Å²) >= 11 is 0. The Morgan fingerprint density at radius 1 is 0.944 bits per heavy atom. The summed E-state index contributed by atoms with van der Waals surface area (Å²) in [7, 11) is 0. The second-order valence-electron chi connectivity index (χ2n) is 3.95. The Bertz CT molecular complexity index is 518. The maximum Gasteiger partial charge on any atom is 0.132 e. The van der Waals surface area contributed by atoms with Gasteiger partial charge in [0.2, 0.25) is 0 Å². The largest absolute Gasteiger partial charge is 0.488 e. The van der Waals surface area contributed by atoms with Crippen LogP contribution in [0.2, 0.25) is 0 Å². The zero-order chi connectivity index (χ0) is 13.0. The third-order valence-corrected chi connectivity index (χ3v) is 2.79. The van der Waals surface area contributed by atoms with Crippen LogP contribution in [0.4, 0.5) is 8.78 Å². The summed E-state index contributed by atoms with van der Waals surface area (Å²) in [4.78, 5) is 0. The Morgan fingerprint density at radius 2 is 1.61 bits per heavy atom. The predicted octanol–water partition coefficient (Wildman–Crippen LogP) is 4.11. The van der Waals surface area contributed by atoms with Gasteiger partial charge in [-0.15, -0.1) is 0 Å². The molecular weight excluding hydrogens is 234 g/mol. The minimum atomic E-state index is -0.580. The summed E-state index contributed by atoms with van der Waals surface area (Å²) in [6.07, 6.45) is 0.815. The summed E-state index contributed by atoms with van der Waals surface area (Å²) in [6, 6.07) is 11.3. The van der Waals surface area contributed by atoms with E-state index in [1.54, 1.807) is 6.07 Å². The van der Waals surface area contributed by atoms with E-state index in [-0.39, 0.29) is 12.2 Å². The van der Waals surface area contributed by atoms with Gasteiger partial charge in [0.15, 0.2) is 0 Å². The summed E-state index contributed by atoms with van der Waals surface area (Å²) in [6.45, 7) is 1.90. The lowest BCUT2D eigenvalue weighted by Gasteiger charge is -2.11. The van der Waals surface area contributed by atoms with Crippen molar-refractivity contribution in [2.75, 3.05) is 0 Å². The number of para-hydroxylation sites is 1. The van der Waals surface area contributed by atoms with Gasteiger partial charge in [-0.3, -0.25) is 0 Å². The molecule has 0 bridgehead atoms. The number of hydrogen-bond donors (Lipinski definition) is 0. The summed E-state index contributed by atoms with van der Waals surface area (Å²) in [5, 5.41) is 0. The molecule has 2 aromatic carbocycles. The van der Waals surface area contributed by atoms with Crippen LogP contribution in [0.25, 0.3) is 0 Å². The van der Waals surface area contributed by atoms with Crippen LogP contribution in [0.5, 0.6) is 5.75 Å². The first-order valence-electron chi connectivity index (χ1n) is 5.86. The van der Waals surface area contributed by atoms with Crippen LogP contribution < -0.4 is 4.74 Å². The molecule has 0 saturated heterocycles. The first kappa shape index (κ1) is 12.6. The smallest absolute Gasteiger partial charge is 0.132 e. The molecule has 0 aliphatic heterocycles. The fourth-order valence-corrected chi connectivity index (χ4v) is 1.76. The molecule has 0 spiro atoms. The van der Waals surface area contributed by atoms with Crippen LogP contribution in [0.3, 0.4) is 0 Å². The molecule has 0 atom stereocenters. The van der Waals surface area contributed by atoms with Gasteiger partial charge in [0.1, 0.15) is 24.0 Å². The second kappa shape index (κ2) is 5.63. The highest BCUT2D eigenvalue weighted by molar-refractivity contribution is 5.33. The van der Waals surface area contributed by atoms with E-state index in [1.165, 1.54) is 18.2 Å². The zero-order valence-corrected chi connectivity index (χ0v) is 10.1. The van der Waals surface area contributed by atoms with Gasteiger partial charge >= 0.3 is 0 Å². The molecule has 0 aliphatic rings. The fourth-order valence-electron chi connectivity index (χ4n) is 1.76. The number of ether oxygens (including phenoxy) is 1. The molecule has 0 N–H and O–H groups in total. The molecule has 2 aromatic rings. The van der Waals surface area contributed by atoms with Crippen molar-refractivity contribution >= 4 is 0 Å². The number of benzene rings is 2. The zero-order valence-electron chi connectivity index (χ0n) is 10.1. The molecule has 2 rings (SSSR count). The highest BCUT2D eigenvalue weighted by Crippen LogP contribution is 2.21. The summed E-state index contributed by atoms with van der Waals surface area (Å²) in [5.74, 6) is -0.490. The Balaban J connectivity index is 2.16. The fraction of sp³-hybridized carbons (Fsp3) is 0.200. The van der Waals surface area contributed by atoms with Gasteiger partial charge in [-0.1, -0.05) is 31.2 Å². The van der Waals surface area contributed by atoms with Crippen molar-refractivity contribution in [2.24, 2.45) is 0 Å². The number of aryl methyl sites for hydroxylation is 1. The number of hydrogen-bond acceptors (Lipinski definition) is 1. The van der Waals surface area contributed by atoms with E-state index in [0.717, 1.165) is 12.0 Å². The number of rotatable bonds is 4. The SMILES string of the molecule is CCc1ccccc1OCc1c(F)cccc1F. The lowest BCUT2D eigenvalue weighted by molar-refractivity contribution is 0.290. The van der Waals surface area contributed by atoms with E-state index in [1.807, 2.05) is 25.1 Å². The quantitative estimate of drug-likeness (QED) is 0.791. The van der Waals surface area contributed by atoms with Gasteiger partial charge in [-0.2, -0.15) is 0 Å². The van der Waals surface area contributed by atoms with E-state index in [9.17, 15) is 8.78 Å². The van der Waals surface area contributed by atoms with Crippen LogP contribution >= 0.6 is 0 Å². The normalized spacial score (nSPS) is 10.4. The number of halogens is 2. The van der Waals surface area contributed by atoms with Crippen molar-refractivity contribution in [1.29, 1.82) is 0 Å². The van der Waals surface area contributed by atoms with Gasteiger partial charge < -0.3 is 4.74 Å². The van der Waals surface area contributed by atoms with Crippen molar-refractivity contribution in [3.8, 4) is 5.75 Å². The lowest BCUT2D eigenvalue weighted by atomic mass is 10.1. The first-order valence-corrected chi connectivity index (χ1v) is 5.86. The highest BCUT2D eigenvalue weighted by atomic mass is 19.1. The molecule has 0 aromatic heterocycles. The van der Waals surface area contributed by atoms with Crippen LogP contribution in [-0.2, 0) is 13.0 Å². The molecule has 0 saturated carbocycles. The van der Waals surface area contributed by atoms with Crippen molar-refractivity contribution < 1.29 is 13.5 Å². The summed E-state index contributed by atoms with van der Waals surface area (Å²) < 4.78 is 32.3. The van der Waals surface area contributed by atoms with Gasteiger partial charge in [0, 0.05) is 0 Å². The molecule has 1 nitrogen and oxygen atoms in total. The maximum atomic E-state index is 13.4. The average molecular weight is 248 g/mol. The first-order chi connectivity index (χ1) is 8.72. The molecule has 18 heavy (non-hydrogen) atoms. The van der Waals surface area contributed by atoms with Crippen molar-refractivity contribution in [3.63, 3.8) is 0 Å². The van der Waals surface area contributed by atoms with E-state index in [4.69, 9.17) is 4.74 Å². The van der Waals surface area contributed by atoms with Gasteiger partial charge in [0.25, 0.3) is 0 Å². The van der Waals surface area contributed by atoms with Crippen LogP contribution in [-0.4, -0.2) is 0 Å². The maximum absolute atomic E-state index is 13.4. The highest BCUT2D eigenvalue weighted by Gasteiger charge is 2.09. The summed E-state index contributed by atoms with van der Waals surface area (Å²) in [5.41, 5.74) is 0.984.